The lowest BCUT2D eigenvalue weighted by Crippen LogP contribution is -2.23. The Morgan fingerprint density at radius 3 is 2.57 bits per heavy atom. The van der Waals surface area contributed by atoms with Crippen molar-refractivity contribution in [2.45, 2.75) is 26.4 Å². The smallest absolute Gasteiger partial charge is 0.352 e. The molecular weight excluding hydrogens is 288 g/mol. The average Bonchev–Trinajstić information content (AvgIpc) is 2.78. The van der Waals surface area contributed by atoms with Gasteiger partial charge in [-0.1, -0.05) is 12.1 Å². The maximum Gasteiger partial charge on any atom is 0.352 e. The molecule has 0 aliphatic heterocycles. The Morgan fingerprint density at radius 2 is 1.95 bits per heavy atom. The van der Waals surface area contributed by atoms with E-state index in [1.54, 1.807) is 7.11 Å². The van der Waals surface area contributed by atoms with Crippen LogP contribution in [0.1, 0.15) is 30.4 Å². The SMILES string of the molecule is COc1ccccc1-c1nsc(C(=O)OC(C)(C)C)c1N. The molecule has 0 amide bonds. The monoisotopic (exact) mass is 306 g/mol. The van der Waals surface area contributed by atoms with Gasteiger partial charge in [0.25, 0.3) is 0 Å². The molecular formula is C15H18N2O3S. The largest absolute Gasteiger partial charge is 0.496 e. The molecule has 6 heteroatoms. The van der Waals surface area contributed by atoms with Crippen molar-refractivity contribution in [1.82, 2.24) is 4.37 Å². The van der Waals surface area contributed by atoms with Gasteiger partial charge in [0.05, 0.1) is 12.8 Å². The van der Waals surface area contributed by atoms with E-state index in [0.29, 0.717) is 22.0 Å². The third-order valence-electron chi connectivity index (χ3n) is 2.67. The number of nitrogens with zero attached hydrogens (tertiary/aromatic N) is 1. The molecule has 2 rings (SSSR count). The average molecular weight is 306 g/mol. The number of ether oxygens (including phenoxy) is 2. The summed E-state index contributed by atoms with van der Waals surface area (Å²) in [4.78, 5) is 12.4. The molecule has 21 heavy (non-hydrogen) atoms. The standard InChI is InChI=1S/C15H18N2O3S/c1-15(2,3)20-14(18)13-11(16)12(17-21-13)9-7-5-6-8-10(9)19-4/h5-8H,16H2,1-4H3. The number of nitrogen functional groups attached to an aromatic ring is 1. The molecule has 0 aliphatic rings. The molecule has 2 N–H and O–H groups in total. The lowest BCUT2D eigenvalue weighted by molar-refractivity contribution is 0.00764. The second-order valence-electron chi connectivity index (χ2n) is 5.48. The Kier molecular flexibility index (Phi) is 4.18. The summed E-state index contributed by atoms with van der Waals surface area (Å²) in [6.07, 6.45) is 0. The Labute approximate surface area is 127 Å². The molecule has 0 atom stereocenters. The third-order valence-corrected chi connectivity index (χ3v) is 3.52. The van der Waals surface area contributed by atoms with Crippen LogP contribution in [-0.4, -0.2) is 23.1 Å². The first-order valence-electron chi connectivity index (χ1n) is 6.45. The molecule has 0 fully saturated rings. The van der Waals surface area contributed by atoms with Crippen LogP contribution < -0.4 is 10.5 Å². The molecule has 0 aliphatic carbocycles. The van der Waals surface area contributed by atoms with E-state index in [-0.39, 0.29) is 0 Å². The van der Waals surface area contributed by atoms with E-state index in [1.165, 1.54) is 0 Å². The molecule has 0 saturated carbocycles. The van der Waals surface area contributed by atoms with Crippen molar-refractivity contribution in [3.63, 3.8) is 0 Å². The molecule has 0 bridgehead atoms. The fourth-order valence-electron chi connectivity index (χ4n) is 1.80. The van der Waals surface area contributed by atoms with Gasteiger partial charge in [-0.25, -0.2) is 4.79 Å². The first-order valence-corrected chi connectivity index (χ1v) is 7.22. The summed E-state index contributed by atoms with van der Waals surface area (Å²) < 4.78 is 14.9. The Morgan fingerprint density at radius 1 is 1.29 bits per heavy atom. The zero-order valence-electron chi connectivity index (χ0n) is 12.5. The minimum absolute atomic E-state index is 0.311. The van der Waals surface area contributed by atoms with Gasteiger partial charge in [-0.05, 0) is 44.4 Å². The van der Waals surface area contributed by atoms with Crippen LogP contribution in [0.4, 0.5) is 5.69 Å². The van der Waals surface area contributed by atoms with E-state index in [2.05, 4.69) is 4.37 Å². The zero-order valence-corrected chi connectivity index (χ0v) is 13.3. The van der Waals surface area contributed by atoms with Gasteiger partial charge in [0.2, 0.25) is 0 Å². The quantitative estimate of drug-likeness (QED) is 0.880. The summed E-state index contributed by atoms with van der Waals surface area (Å²) in [7, 11) is 1.58. The number of para-hydroxylation sites is 1. The fourth-order valence-corrected chi connectivity index (χ4v) is 2.49. The maximum atomic E-state index is 12.1. The van der Waals surface area contributed by atoms with Crippen LogP contribution in [0, 0.1) is 0 Å². The lowest BCUT2D eigenvalue weighted by atomic mass is 10.1. The van der Waals surface area contributed by atoms with Gasteiger partial charge >= 0.3 is 5.97 Å². The van der Waals surface area contributed by atoms with E-state index in [0.717, 1.165) is 17.1 Å². The number of rotatable bonds is 3. The Bertz CT molecular complexity index is 659. The normalized spacial score (nSPS) is 11.2. The van der Waals surface area contributed by atoms with Gasteiger partial charge in [0, 0.05) is 5.56 Å². The first kappa shape index (κ1) is 15.3. The molecule has 1 heterocycles. The Balaban J connectivity index is 2.39. The first-order chi connectivity index (χ1) is 9.83. The van der Waals surface area contributed by atoms with Crippen LogP contribution in [0.5, 0.6) is 5.75 Å². The molecule has 1 aromatic carbocycles. The van der Waals surface area contributed by atoms with E-state index in [9.17, 15) is 4.79 Å². The predicted molar refractivity (Wildman–Crippen MR) is 83.7 cm³/mol. The molecule has 1 aromatic heterocycles. The number of hydrogen-bond acceptors (Lipinski definition) is 6. The second kappa shape index (κ2) is 5.73. The lowest BCUT2D eigenvalue weighted by Gasteiger charge is -2.18. The van der Waals surface area contributed by atoms with Crippen LogP contribution in [0.15, 0.2) is 24.3 Å². The van der Waals surface area contributed by atoms with Crippen molar-refractivity contribution in [3.05, 3.63) is 29.1 Å². The highest BCUT2D eigenvalue weighted by Crippen LogP contribution is 2.36. The minimum Gasteiger partial charge on any atom is -0.496 e. The summed E-state index contributed by atoms with van der Waals surface area (Å²) in [6.45, 7) is 5.43. The van der Waals surface area contributed by atoms with Crippen molar-refractivity contribution in [3.8, 4) is 17.0 Å². The van der Waals surface area contributed by atoms with Crippen molar-refractivity contribution < 1.29 is 14.3 Å². The highest BCUT2D eigenvalue weighted by Gasteiger charge is 2.25. The number of carbonyl (C=O) groups excluding carboxylic acids is 1. The molecule has 112 valence electrons. The Hall–Kier alpha value is -2.08. The number of carbonyl (C=O) groups is 1. The van der Waals surface area contributed by atoms with Crippen molar-refractivity contribution in [2.75, 3.05) is 12.8 Å². The van der Waals surface area contributed by atoms with Crippen LogP contribution >= 0.6 is 11.5 Å². The van der Waals surface area contributed by atoms with Crippen molar-refractivity contribution >= 4 is 23.2 Å². The summed E-state index contributed by atoms with van der Waals surface area (Å²) in [5, 5.41) is 0. The second-order valence-corrected chi connectivity index (χ2v) is 6.25. The van der Waals surface area contributed by atoms with Gasteiger partial charge in [-0.3, -0.25) is 0 Å². The molecule has 0 saturated heterocycles. The van der Waals surface area contributed by atoms with Gasteiger partial charge < -0.3 is 15.2 Å². The van der Waals surface area contributed by atoms with Gasteiger partial charge in [-0.2, -0.15) is 4.37 Å². The molecule has 0 radical (unpaired) electrons. The highest BCUT2D eigenvalue weighted by molar-refractivity contribution is 7.09. The van der Waals surface area contributed by atoms with E-state index >= 15 is 0 Å². The molecule has 0 spiro atoms. The topological polar surface area (TPSA) is 74.4 Å². The van der Waals surface area contributed by atoms with E-state index in [1.807, 2.05) is 45.0 Å². The van der Waals surface area contributed by atoms with Crippen molar-refractivity contribution in [2.24, 2.45) is 0 Å². The van der Waals surface area contributed by atoms with Gasteiger partial charge in [0.15, 0.2) is 4.88 Å². The number of anilines is 1. The van der Waals surface area contributed by atoms with Crippen LogP contribution in [0.3, 0.4) is 0 Å². The van der Waals surface area contributed by atoms with Crippen LogP contribution in [0.2, 0.25) is 0 Å². The van der Waals surface area contributed by atoms with Gasteiger partial charge in [-0.15, -0.1) is 0 Å². The number of aromatic nitrogens is 1. The number of benzene rings is 1. The van der Waals surface area contributed by atoms with Gasteiger partial charge in [0.1, 0.15) is 17.0 Å². The zero-order chi connectivity index (χ0) is 15.6. The summed E-state index contributed by atoms with van der Waals surface area (Å²) >= 11 is 1.03. The summed E-state index contributed by atoms with van der Waals surface area (Å²) in [5.41, 5.74) is 7.11. The van der Waals surface area contributed by atoms with Crippen molar-refractivity contribution in [1.29, 1.82) is 0 Å². The molecule has 2 aromatic rings. The summed E-state index contributed by atoms with van der Waals surface area (Å²) in [6, 6.07) is 7.40. The fraction of sp³-hybridized carbons (Fsp3) is 0.333. The summed E-state index contributed by atoms with van der Waals surface area (Å²) in [5.74, 6) is 0.198. The predicted octanol–water partition coefficient (Wildman–Crippen LogP) is 3.36. The molecule has 5 nitrogen and oxygen atoms in total. The number of hydrogen-bond donors (Lipinski definition) is 1. The highest BCUT2D eigenvalue weighted by atomic mass is 32.1. The number of esters is 1. The number of methoxy groups -OCH3 is 1. The molecule has 0 unspecified atom stereocenters. The minimum atomic E-state index is -0.571. The van der Waals surface area contributed by atoms with Crippen LogP contribution in [-0.2, 0) is 4.74 Å². The number of nitrogens with two attached hydrogens (primary N) is 1. The van der Waals surface area contributed by atoms with E-state index in [4.69, 9.17) is 15.2 Å². The van der Waals surface area contributed by atoms with E-state index < -0.39 is 11.6 Å². The third kappa shape index (κ3) is 3.33. The maximum absolute atomic E-state index is 12.1. The van der Waals surface area contributed by atoms with Crippen LogP contribution in [0.25, 0.3) is 11.3 Å².